The molecule has 0 spiro atoms. The van der Waals surface area contributed by atoms with Gasteiger partial charge in [0.15, 0.2) is 5.96 Å². The van der Waals surface area contributed by atoms with Gasteiger partial charge in [-0.15, -0.1) is 24.0 Å². The van der Waals surface area contributed by atoms with Crippen molar-refractivity contribution < 1.29 is 4.42 Å². The number of halogens is 1. The van der Waals surface area contributed by atoms with Gasteiger partial charge >= 0.3 is 0 Å². The zero-order valence-electron chi connectivity index (χ0n) is 15.1. The molecule has 1 aliphatic carbocycles. The molecule has 25 heavy (non-hydrogen) atoms. The van der Waals surface area contributed by atoms with E-state index in [-0.39, 0.29) is 24.0 Å². The van der Waals surface area contributed by atoms with E-state index in [0.29, 0.717) is 18.4 Å². The number of guanidine groups is 1. The van der Waals surface area contributed by atoms with Crippen LogP contribution in [0.15, 0.2) is 33.7 Å². The van der Waals surface area contributed by atoms with Crippen LogP contribution in [-0.4, -0.2) is 24.5 Å². The lowest BCUT2D eigenvalue weighted by atomic mass is 9.83. The van der Waals surface area contributed by atoms with Gasteiger partial charge in [-0.1, -0.05) is 24.3 Å². The van der Waals surface area contributed by atoms with E-state index in [1.165, 1.54) is 30.4 Å². The summed E-state index contributed by atoms with van der Waals surface area (Å²) in [6, 6.07) is 8.78. The first-order chi connectivity index (χ1) is 11.7. The highest BCUT2D eigenvalue weighted by molar-refractivity contribution is 14.0. The number of nitrogens with zero attached hydrogens (tertiary/aromatic N) is 2. The highest BCUT2D eigenvalue weighted by Gasteiger charge is 2.19. The van der Waals surface area contributed by atoms with Crippen LogP contribution in [0.5, 0.6) is 0 Å². The molecule has 1 atom stereocenters. The summed E-state index contributed by atoms with van der Waals surface area (Å²) in [5.41, 5.74) is 3.91. The lowest BCUT2D eigenvalue weighted by molar-refractivity contribution is 0.463. The summed E-state index contributed by atoms with van der Waals surface area (Å²) in [6.45, 7) is 5.31. The molecule has 0 amide bonds. The van der Waals surface area contributed by atoms with Gasteiger partial charge in [0.1, 0.15) is 5.76 Å². The van der Waals surface area contributed by atoms with E-state index in [2.05, 4.69) is 44.9 Å². The minimum Gasteiger partial charge on any atom is -0.444 e. The second-order valence-corrected chi connectivity index (χ2v) is 6.34. The van der Waals surface area contributed by atoms with Gasteiger partial charge in [-0.25, -0.2) is 4.98 Å². The van der Waals surface area contributed by atoms with Crippen molar-refractivity contribution in [2.24, 2.45) is 4.99 Å². The van der Waals surface area contributed by atoms with Gasteiger partial charge in [0.2, 0.25) is 5.89 Å². The van der Waals surface area contributed by atoms with E-state index in [1.54, 1.807) is 7.05 Å². The third-order valence-corrected chi connectivity index (χ3v) is 4.71. The van der Waals surface area contributed by atoms with Crippen molar-refractivity contribution in [1.29, 1.82) is 0 Å². The monoisotopic (exact) mass is 454 g/mol. The molecule has 1 aliphatic rings. The summed E-state index contributed by atoms with van der Waals surface area (Å²) in [6.07, 6.45) is 3.67. The molecule has 1 aromatic heterocycles. The first-order valence-corrected chi connectivity index (χ1v) is 8.62. The van der Waals surface area contributed by atoms with Crippen molar-refractivity contribution in [2.45, 2.75) is 45.6 Å². The third kappa shape index (κ3) is 4.96. The smallest absolute Gasteiger partial charge is 0.214 e. The topological polar surface area (TPSA) is 62.5 Å². The van der Waals surface area contributed by atoms with E-state index >= 15 is 0 Å². The number of benzene rings is 1. The lowest BCUT2D eigenvalue weighted by Gasteiger charge is -2.26. The van der Waals surface area contributed by atoms with Gasteiger partial charge in [0, 0.05) is 19.5 Å². The second-order valence-electron chi connectivity index (χ2n) is 6.34. The minimum absolute atomic E-state index is 0. The Hall–Kier alpha value is -1.57. The molecule has 2 aromatic rings. The Morgan fingerprint density at radius 1 is 1.28 bits per heavy atom. The van der Waals surface area contributed by atoms with Crippen LogP contribution >= 0.6 is 24.0 Å². The first-order valence-electron chi connectivity index (χ1n) is 8.62. The van der Waals surface area contributed by atoms with Crippen molar-refractivity contribution >= 4 is 29.9 Å². The number of nitrogens with one attached hydrogen (secondary N) is 2. The number of aryl methyl sites for hydroxylation is 3. The number of fused-ring (bicyclic) bond motifs is 1. The Morgan fingerprint density at radius 2 is 2.08 bits per heavy atom. The second kappa shape index (κ2) is 9.22. The molecule has 0 saturated heterocycles. The van der Waals surface area contributed by atoms with E-state index < -0.39 is 0 Å². The van der Waals surface area contributed by atoms with Crippen LogP contribution in [0, 0.1) is 13.8 Å². The number of rotatable bonds is 4. The van der Waals surface area contributed by atoms with E-state index in [4.69, 9.17) is 4.42 Å². The molecule has 0 bridgehead atoms. The summed E-state index contributed by atoms with van der Waals surface area (Å²) in [5.74, 6) is 2.89. The molecule has 5 nitrogen and oxygen atoms in total. The predicted octanol–water partition coefficient (Wildman–Crippen LogP) is 3.69. The fourth-order valence-electron chi connectivity index (χ4n) is 3.28. The number of aromatic nitrogens is 1. The Kier molecular flexibility index (Phi) is 7.28. The molecule has 1 unspecified atom stereocenters. The average molecular weight is 454 g/mol. The fourth-order valence-corrected chi connectivity index (χ4v) is 3.28. The van der Waals surface area contributed by atoms with Crippen LogP contribution in [-0.2, 0) is 13.0 Å². The molecule has 6 heteroatoms. The van der Waals surface area contributed by atoms with Crippen molar-refractivity contribution in [2.75, 3.05) is 13.6 Å². The van der Waals surface area contributed by atoms with E-state index in [1.807, 2.05) is 13.8 Å². The maximum atomic E-state index is 5.59. The Morgan fingerprint density at radius 3 is 2.80 bits per heavy atom. The quantitative estimate of drug-likeness (QED) is 0.420. The summed E-state index contributed by atoms with van der Waals surface area (Å²) in [4.78, 5) is 8.68. The van der Waals surface area contributed by atoms with Crippen LogP contribution in [0.1, 0.15) is 47.2 Å². The molecule has 3 rings (SSSR count). The minimum atomic E-state index is 0. The molecule has 0 saturated carbocycles. The van der Waals surface area contributed by atoms with Gasteiger partial charge < -0.3 is 15.1 Å². The maximum absolute atomic E-state index is 5.59. The van der Waals surface area contributed by atoms with E-state index in [9.17, 15) is 0 Å². The standard InChI is InChI=1S/C19H26N4O.HI/c1-13-14(2)24-18(23-13)12-22-19(20-3)21-11-16-9-6-8-15-7-4-5-10-17(15)16;/h4-5,7,10,16H,6,8-9,11-12H2,1-3H3,(H2,20,21,22);1H. The number of hydrogen-bond acceptors (Lipinski definition) is 3. The van der Waals surface area contributed by atoms with Crippen LogP contribution in [0.3, 0.4) is 0 Å². The van der Waals surface area contributed by atoms with Gasteiger partial charge in [-0.2, -0.15) is 0 Å². The molecule has 0 fully saturated rings. The molecule has 136 valence electrons. The Bertz CT molecular complexity index is 706. The van der Waals surface area contributed by atoms with E-state index in [0.717, 1.165) is 24.0 Å². The van der Waals surface area contributed by atoms with Gasteiger partial charge in [0.25, 0.3) is 0 Å². The maximum Gasteiger partial charge on any atom is 0.214 e. The van der Waals surface area contributed by atoms with Crippen molar-refractivity contribution in [3.63, 3.8) is 0 Å². The average Bonchev–Trinajstić information content (AvgIpc) is 2.93. The summed E-state index contributed by atoms with van der Waals surface area (Å²) in [5, 5.41) is 6.71. The highest BCUT2D eigenvalue weighted by atomic mass is 127. The number of oxazole rings is 1. The number of aliphatic imine (C=N–C) groups is 1. The molecular formula is C19H27IN4O. The predicted molar refractivity (Wildman–Crippen MR) is 112 cm³/mol. The first kappa shape index (κ1) is 19.8. The molecule has 1 heterocycles. The normalized spacial score (nSPS) is 16.8. The molecule has 0 radical (unpaired) electrons. The SMILES string of the molecule is CN=C(NCc1nc(C)c(C)o1)NCC1CCCc2ccccc21.I. The largest absolute Gasteiger partial charge is 0.444 e. The van der Waals surface area contributed by atoms with Crippen molar-refractivity contribution in [1.82, 2.24) is 15.6 Å². The Labute approximate surface area is 166 Å². The van der Waals surface area contributed by atoms with Crippen molar-refractivity contribution in [3.05, 3.63) is 52.7 Å². The highest BCUT2D eigenvalue weighted by Crippen LogP contribution is 2.30. The van der Waals surface area contributed by atoms with Crippen molar-refractivity contribution in [3.8, 4) is 0 Å². The zero-order valence-corrected chi connectivity index (χ0v) is 17.5. The molecular weight excluding hydrogens is 427 g/mol. The molecule has 2 N–H and O–H groups in total. The third-order valence-electron chi connectivity index (χ3n) is 4.71. The number of hydrogen-bond donors (Lipinski definition) is 2. The summed E-state index contributed by atoms with van der Waals surface area (Å²) in [7, 11) is 1.79. The lowest BCUT2D eigenvalue weighted by Crippen LogP contribution is -2.39. The zero-order chi connectivity index (χ0) is 16.9. The molecule has 1 aromatic carbocycles. The van der Waals surface area contributed by atoms with Gasteiger partial charge in [-0.05, 0) is 44.2 Å². The molecule has 0 aliphatic heterocycles. The fraction of sp³-hybridized carbons (Fsp3) is 0.474. The van der Waals surface area contributed by atoms with Crippen LogP contribution in [0.25, 0.3) is 0 Å². The van der Waals surface area contributed by atoms with Crippen LogP contribution < -0.4 is 10.6 Å². The van der Waals surface area contributed by atoms with Crippen LogP contribution in [0.2, 0.25) is 0 Å². The van der Waals surface area contributed by atoms with Gasteiger partial charge in [0.05, 0.1) is 12.2 Å². The Balaban J connectivity index is 0.00000225. The van der Waals surface area contributed by atoms with Crippen LogP contribution in [0.4, 0.5) is 0 Å². The summed E-state index contributed by atoms with van der Waals surface area (Å²) >= 11 is 0. The summed E-state index contributed by atoms with van der Waals surface area (Å²) < 4.78 is 5.59. The van der Waals surface area contributed by atoms with Gasteiger partial charge in [-0.3, -0.25) is 4.99 Å².